The number of hydrogen-bond acceptors (Lipinski definition) is 2. The maximum Gasteiger partial charge on any atom is 0.331 e. The van der Waals surface area contributed by atoms with Gasteiger partial charge in [-0.3, -0.25) is 0 Å². The van der Waals surface area contributed by atoms with Crippen LogP contribution in [0, 0.1) is 0 Å². The molecule has 0 aliphatic carbocycles. The van der Waals surface area contributed by atoms with Gasteiger partial charge in [-0.05, 0) is 47.5 Å². The molecule has 0 radical (unpaired) electrons. The van der Waals surface area contributed by atoms with Crippen LogP contribution in [0.2, 0.25) is 0 Å². The summed E-state index contributed by atoms with van der Waals surface area (Å²) in [5.41, 5.74) is 2.90. The fraction of sp³-hybridized carbons (Fsp3) is 0.333. The lowest BCUT2D eigenvalue weighted by molar-refractivity contribution is -0.136. The summed E-state index contributed by atoms with van der Waals surface area (Å²) in [4.78, 5) is 11.2. The molecule has 0 atom stereocenters. The van der Waals surface area contributed by atoms with Gasteiger partial charge in [-0.2, -0.15) is 0 Å². The van der Waals surface area contributed by atoms with E-state index in [0.29, 0.717) is 0 Å². The maximum atomic E-state index is 11.2. The van der Waals surface area contributed by atoms with Crippen LogP contribution in [-0.4, -0.2) is 12.6 Å². The summed E-state index contributed by atoms with van der Waals surface area (Å²) in [7, 11) is 0. The molecule has 88 valence electrons. The Morgan fingerprint density at radius 1 is 1.31 bits per heavy atom. The van der Waals surface area contributed by atoms with E-state index in [2.05, 4.69) is 37.6 Å². The first-order valence-corrected chi connectivity index (χ1v) is 6.42. The smallest absolute Gasteiger partial charge is 0.331 e. The SMILES string of the molecule is CCC=C=CCOC(=O)/C=C/C(Br)=C(/C)Br. The molecule has 0 heterocycles. The second-order valence-electron chi connectivity index (χ2n) is 2.83. The Hall–Kier alpha value is -0.570. The van der Waals surface area contributed by atoms with Crippen molar-refractivity contribution in [3.05, 3.63) is 39.0 Å². The fourth-order valence-electron chi connectivity index (χ4n) is 0.677. The number of carbonyl (C=O) groups is 1. The average Bonchev–Trinajstić information content (AvgIpc) is 2.25. The Balaban J connectivity index is 4.02. The van der Waals surface area contributed by atoms with Gasteiger partial charge in [0.15, 0.2) is 0 Å². The van der Waals surface area contributed by atoms with E-state index < -0.39 is 0 Å². The van der Waals surface area contributed by atoms with Crippen molar-refractivity contribution in [1.82, 2.24) is 0 Å². The maximum absolute atomic E-state index is 11.2. The van der Waals surface area contributed by atoms with Crippen LogP contribution in [0.3, 0.4) is 0 Å². The molecule has 16 heavy (non-hydrogen) atoms. The number of carbonyl (C=O) groups excluding carboxylic acids is 1. The van der Waals surface area contributed by atoms with Crippen molar-refractivity contribution in [2.45, 2.75) is 20.3 Å². The van der Waals surface area contributed by atoms with Gasteiger partial charge in [0.1, 0.15) is 6.61 Å². The molecule has 0 fully saturated rings. The highest BCUT2D eigenvalue weighted by Gasteiger charge is 1.95. The molecule has 0 aromatic rings. The van der Waals surface area contributed by atoms with Gasteiger partial charge >= 0.3 is 5.97 Å². The van der Waals surface area contributed by atoms with E-state index in [4.69, 9.17) is 4.74 Å². The predicted octanol–water partition coefficient (Wildman–Crippen LogP) is 4.23. The van der Waals surface area contributed by atoms with E-state index in [1.807, 2.05) is 19.9 Å². The van der Waals surface area contributed by atoms with Gasteiger partial charge < -0.3 is 4.74 Å². The van der Waals surface area contributed by atoms with Gasteiger partial charge in [0.25, 0.3) is 0 Å². The Morgan fingerprint density at radius 2 is 2.00 bits per heavy atom. The standard InChI is InChI=1S/C12H14Br2O2/c1-3-4-5-6-9-16-12(15)8-7-11(14)10(2)13/h4,6-8H,3,9H2,1-2H3/b8-7+,11-10+. The first-order valence-electron chi connectivity index (χ1n) is 4.84. The lowest BCUT2D eigenvalue weighted by atomic mass is 10.4. The topological polar surface area (TPSA) is 26.3 Å². The molecular formula is C12H14Br2O2. The van der Waals surface area contributed by atoms with Crippen LogP contribution in [0.5, 0.6) is 0 Å². The molecule has 0 saturated carbocycles. The van der Waals surface area contributed by atoms with Gasteiger partial charge in [0.2, 0.25) is 0 Å². The van der Waals surface area contributed by atoms with Gasteiger partial charge in [-0.25, -0.2) is 4.79 Å². The van der Waals surface area contributed by atoms with Crippen molar-refractivity contribution in [2.24, 2.45) is 0 Å². The predicted molar refractivity (Wildman–Crippen MR) is 73.6 cm³/mol. The fourth-order valence-corrected chi connectivity index (χ4v) is 0.942. The first-order chi connectivity index (χ1) is 7.57. The molecule has 0 aliphatic heterocycles. The third-order valence-corrected chi connectivity index (χ3v) is 3.26. The molecule has 0 spiro atoms. The van der Waals surface area contributed by atoms with E-state index in [9.17, 15) is 4.79 Å². The molecule has 0 unspecified atom stereocenters. The Labute approximate surface area is 113 Å². The molecule has 0 bridgehead atoms. The molecule has 0 saturated heterocycles. The van der Waals surface area contributed by atoms with Gasteiger partial charge in [0.05, 0.1) is 0 Å². The highest BCUT2D eigenvalue weighted by atomic mass is 79.9. The number of rotatable bonds is 5. The first kappa shape index (κ1) is 15.4. The zero-order chi connectivity index (χ0) is 12.4. The average molecular weight is 350 g/mol. The lowest BCUT2D eigenvalue weighted by Crippen LogP contribution is -1.99. The van der Waals surface area contributed by atoms with Gasteiger partial charge in [0, 0.05) is 15.0 Å². The number of halogens is 2. The van der Waals surface area contributed by atoms with Crippen molar-refractivity contribution in [3.8, 4) is 0 Å². The highest BCUT2D eigenvalue weighted by molar-refractivity contribution is 9.14. The Morgan fingerprint density at radius 3 is 2.56 bits per heavy atom. The van der Waals surface area contributed by atoms with E-state index in [1.54, 1.807) is 12.2 Å². The quantitative estimate of drug-likeness (QED) is 0.321. The Kier molecular flexibility index (Phi) is 9.30. The Bertz CT molecular complexity index is 344. The second-order valence-corrected chi connectivity index (χ2v) is 4.87. The molecule has 0 amide bonds. The number of allylic oxidation sites excluding steroid dienone is 3. The zero-order valence-corrected chi connectivity index (χ0v) is 12.5. The zero-order valence-electron chi connectivity index (χ0n) is 9.30. The monoisotopic (exact) mass is 348 g/mol. The van der Waals surface area contributed by atoms with Crippen molar-refractivity contribution in [2.75, 3.05) is 6.61 Å². The lowest BCUT2D eigenvalue weighted by Gasteiger charge is -1.95. The summed E-state index contributed by atoms with van der Waals surface area (Å²) in [6.07, 6.45) is 7.48. The van der Waals surface area contributed by atoms with Gasteiger partial charge in [-0.1, -0.05) is 22.9 Å². The molecule has 0 rings (SSSR count). The van der Waals surface area contributed by atoms with Crippen LogP contribution < -0.4 is 0 Å². The van der Waals surface area contributed by atoms with Crippen LogP contribution in [0.1, 0.15) is 20.3 Å². The van der Waals surface area contributed by atoms with E-state index in [-0.39, 0.29) is 12.6 Å². The van der Waals surface area contributed by atoms with E-state index >= 15 is 0 Å². The summed E-state index contributed by atoms with van der Waals surface area (Å²) >= 11 is 6.57. The molecule has 0 aliphatic rings. The van der Waals surface area contributed by atoms with E-state index in [0.717, 1.165) is 15.4 Å². The minimum absolute atomic E-state index is 0.244. The molecule has 2 nitrogen and oxygen atoms in total. The largest absolute Gasteiger partial charge is 0.458 e. The number of esters is 1. The summed E-state index contributed by atoms with van der Waals surface area (Å²) < 4.78 is 6.63. The number of ether oxygens (including phenoxy) is 1. The third-order valence-electron chi connectivity index (χ3n) is 1.44. The third kappa shape index (κ3) is 8.72. The molecule has 0 aromatic heterocycles. The van der Waals surface area contributed by atoms with Crippen LogP contribution >= 0.6 is 31.9 Å². The van der Waals surface area contributed by atoms with Gasteiger partial charge in [-0.15, -0.1) is 5.73 Å². The van der Waals surface area contributed by atoms with Crippen molar-refractivity contribution >= 4 is 37.8 Å². The second kappa shape index (κ2) is 9.64. The van der Waals surface area contributed by atoms with E-state index in [1.165, 1.54) is 6.08 Å². The molecule has 0 aromatic carbocycles. The summed E-state index contributed by atoms with van der Waals surface area (Å²) in [6, 6.07) is 0. The van der Waals surface area contributed by atoms with Crippen LogP contribution in [0.25, 0.3) is 0 Å². The molecule has 4 heteroatoms. The number of hydrogen-bond donors (Lipinski definition) is 0. The van der Waals surface area contributed by atoms with Crippen LogP contribution in [-0.2, 0) is 9.53 Å². The summed E-state index contributed by atoms with van der Waals surface area (Å²) in [6.45, 7) is 4.13. The summed E-state index contributed by atoms with van der Waals surface area (Å²) in [5, 5.41) is 0. The molecular weight excluding hydrogens is 336 g/mol. The van der Waals surface area contributed by atoms with Crippen molar-refractivity contribution in [3.63, 3.8) is 0 Å². The minimum atomic E-state index is -0.375. The van der Waals surface area contributed by atoms with Crippen molar-refractivity contribution < 1.29 is 9.53 Å². The highest BCUT2D eigenvalue weighted by Crippen LogP contribution is 2.17. The van der Waals surface area contributed by atoms with Crippen molar-refractivity contribution in [1.29, 1.82) is 0 Å². The minimum Gasteiger partial charge on any atom is -0.458 e. The van der Waals surface area contributed by atoms with Crippen LogP contribution in [0.15, 0.2) is 39.0 Å². The molecule has 0 N–H and O–H groups in total. The normalized spacial score (nSPS) is 11.8. The van der Waals surface area contributed by atoms with Crippen LogP contribution in [0.4, 0.5) is 0 Å². The summed E-state index contributed by atoms with van der Waals surface area (Å²) in [5.74, 6) is -0.375.